The van der Waals surface area contributed by atoms with Gasteiger partial charge in [0.1, 0.15) is 5.71 Å². The zero-order valence-corrected chi connectivity index (χ0v) is 17.4. The van der Waals surface area contributed by atoms with Gasteiger partial charge in [-0.1, -0.05) is 35.9 Å². The number of carbonyl (C=O) groups is 2. The number of aryl methyl sites for hydroxylation is 1. The van der Waals surface area contributed by atoms with Crippen LogP contribution in [0.1, 0.15) is 18.1 Å². The van der Waals surface area contributed by atoms with Crippen LogP contribution in [0.2, 0.25) is 0 Å². The molecule has 2 aliphatic heterocycles. The van der Waals surface area contributed by atoms with Crippen molar-refractivity contribution in [2.75, 3.05) is 44.4 Å². The van der Waals surface area contributed by atoms with Gasteiger partial charge in [-0.2, -0.15) is 0 Å². The molecule has 2 heterocycles. The molecule has 1 saturated heterocycles. The maximum absolute atomic E-state index is 13.2. The molecule has 156 valence electrons. The zero-order chi connectivity index (χ0) is 21.1. The highest BCUT2D eigenvalue weighted by Crippen LogP contribution is 2.31. The fourth-order valence-corrected chi connectivity index (χ4v) is 3.75. The largest absolute Gasteiger partial charge is 0.450 e. The summed E-state index contributed by atoms with van der Waals surface area (Å²) in [6, 6.07) is 15.6. The summed E-state index contributed by atoms with van der Waals surface area (Å²) in [4.78, 5) is 35.5. The van der Waals surface area contributed by atoms with E-state index in [1.54, 1.807) is 16.7 Å². The third-order valence-corrected chi connectivity index (χ3v) is 5.41. The van der Waals surface area contributed by atoms with E-state index in [9.17, 15) is 9.59 Å². The summed E-state index contributed by atoms with van der Waals surface area (Å²) >= 11 is 0. The minimum absolute atomic E-state index is 0.0930. The maximum Gasteiger partial charge on any atom is 0.409 e. The summed E-state index contributed by atoms with van der Waals surface area (Å²) in [6.07, 6.45) is -0.271. The van der Waals surface area contributed by atoms with Crippen molar-refractivity contribution in [2.45, 2.75) is 13.8 Å². The third-order valence-electron chi connectivity index (χ3n) is 5.41. The topological polar surface area (TPSA) is 65.5 Å². The normalized spacial score (nSPS) is 18.1. The van der Waals surface area contributed by atoms with Gasteiger partial charge in [0, 0.05) is 31.7 Å². The predicted molar refractivity (Wildman–Crippen MR) is 116 cm³/mol. The SMILES string of the molecule is CCOC(=O)N1CCN(CN2C(=O)C(=Nc3ccc(C)cc3)c3ccccc32)CC1. The number of para-hydroxylation sites is 1. The van der Waals surface area contributed by atoms with Crippen molar-refractivity contribution in [3.8, 4) is 0 Å². The molecule has 4 rings (SSSR count). The molecule has 0 aliphatic carbocycles. The number of hydrogen-bond donors (Lipinski definition) is 0. The van der Waals surface area contributed by atoms with Gasteiger partial charge in [0.2, 0.25) is 0 Å². The van der Waals surface area contributed by atoms with E-state index in [1.165, 1.54) is 0 Å². The Bertz CT molecular complexity index is 963. The molecule has 0 bridgehead atoms. The van der Waals surface area contributed by atoms with Crippen LogP contribution in [0.4, 0.5) is 16.2 Å². The van der Waals surface area contributed by atoms with Crippen molar-refractivity contribution in [1.29, 1.82) is 0 Å². The van der Waals surface area contributed by atoms with Crippen molar-refractivity contribution in [1.82, 2.24) is 9.80 Å². The Balaban J connectivity index is 1.50. The number of piperazine rings is 1. The smallest absolute Gasteiger partial charge is 0.409 e. The Morgan fingerprint density at radius 2 is 1.73 bits per heavy atom. The van der Waals surface area contributed by atoms with Crippen LogP contribution in [0.3, 0.4) is 0 Å². The molecule has 7 heteroatoms. The van der Waals surface area contributed by atoms with Gasteiger partial charge in [-0.05, 0) is 32.0 Å². The number of aliphatic imine (C=N–C) groups is 1. The Hall–Kier alpha value is -3.19. The van der Waals surface area contributed by atoms with Crippen molar-refractivity contribution < 1.29 is 14.3 Å². The molecule has 0 radical (unpaired) electrons. The summed E-state index contributed by atoms with van der Waals surface area (Å²) in [5.41, 5.74) is 4.12. The van der Waals surface area contributed by atoms with Gasteiger partial charge < -0.3 is 9.64 Å². The lowest BCUT2D eigenvalue weighted by Crippen LogP contribution is -2.52. The fourth-order valence-electron chi connectivity index (χ4n) is 3.75. The van der Waals surface area contributed by atoms with Crippen LogP contribution in [0.5, 0.6) is 0 Å². The van der Waals surface area contributed by atoms with Gasteiger partial charge in [-0.25, -0.2) is 9.79 Å². The Kier molecular flexibility index (Phi) is 5.81. The van der Waals surface area contributed by atoms with E-state index in [0.717, 1.165) is 22.5 Å². The van der Waals surface area contributed by atoms with E-state index in [4.69, 9.17) is 4.74 Å². The van der Waals surface area contributed by atoms with Crippen molar-refractivity contribution in [3.63, 3.8) is 0 Å². The molecule has 0 N–H and O–H groups in total. The standard InChI is InChI=1S/C23H26N4O3/c1-3-30-23(29)26-14-12-25(13-15-26)16-27-20-7-5-4-6-19(20)21(22(27)28)24-18-10-8-17(2)9-11-18/h4-11H,3,12-16H2,1-2H3. The minimum atomic E-state index is -0.271. The average Bonchev–Trinajstić information content (AvgIpc) is 3.02. The van der Waals surface area contributed by atoms with Crippen LogP contribution in [0, 0.1) is 6.92 Å². The van der Waals surface area contributed by atoms with E-state index in [0.29, 0.717) is 45.2 Å². The van der Waals surface area contributed by atoms with Crippen molar-refractivity contribution >= 4 is 29.1 Å². The molecular weight excluding hydrogens is 380 g/mol. The predicted octanol–water partition coefficient (Wildman–Crippen LogP) is 3.19. The molecule has 0 unspecified atom stereocenters. The molecule has 2 amide bonds. The first-order chi connectivity index (χ1) is 14.6. The van der Waals surface area contributed by atoms with Gasteiger partial charge in [-0.15, -0.1) is 0 Å². The Morgan fingerprint density at radius 1 is 1.03 bits per heavy atom. The second kappa shape index (κ2) is 8.67. The maximum atomic E-state index is 13.2. The lowest BCUT2D eigenvalue weighted by Gasteiger charge is -2.36. The number of rotatable bonds is 4. The number of benzene rings is 2. The van der Waals surface area contributed by atoms with E-state index in [2.05, 4.69) is 9.89 Å². The second-order valence-electron chi connectivity index (χ2n) is 7.49. The molecule has 0 aromatic heterocycles. The monoisotopic (exact) mass is 406 g/mol. The van der Waals surface area contributed by atoms with Crippen LogP contribution in [0.25, 0.3) is 0 Å². The number of carbonyl (C=O) groups excluding carboxylic acids is 2. The van der Waals surface area contributed by atoms with Gasteiger partial charge in [0.15, 0.2) is 0 Å². The number of anilines is 1. The first-order valence-electron chi connectivity index (χ1n) is 10.3. The number of hydrogen-bond acceptors (Lipinski definition) is 5. The molecular formula is C23H26N4O3. The molecule has 1 fully saturated rings. The van der Waals surface area contributed by atoms with E-state index in [-0.39, 0.29) is 12.0 Å². The number of amides is 2. The quantitative estimate of drug-likeness (QED) is 0.782. The Labute approximate surface area is 176 Å². The van der Waals surface area contributed by atoms with Crippen molar-refractivity contribution in [2.24, 2.45) is 4.99 Å². The van der Waals surface area contributed by atoms with Gasteiger partial charge in [0.25, 0.3) is 5.91 Å². The van der Waals surface area contributed by atoms with Crippen LogP contribution < -0.4 is 4.90 Å². The van der Waals surface area contributed by atoms with E-state index >= 15 is 0 Å². The van der Waals surface area contributed by atoms with E-state index < -0.39 is 0 Å². The minimum Gasteiger partial charge on any atom is -0.450 e. The molecule has 0 saturated carbocycles. The highest BCUT2D eigenvalue weighted by molar-refractivity contribution is 6.54. The van der Waals surface area contributed by atoms with Gasteiger partial charge in [-0.3, -0.25) is 14.6 Å². The van der Waals surface area contributed by atoms with Crippen LogP contribution in [0.15, 0.2) is 53.5 Å². The average molecular weight is 406 g/mol. The summed E-state index contributed by atoms with van der Waals surface area (Å²) in [5.74, 6) is -0.0930. The zero-order valence-electron chi connectivity index (χ0n) is 17.4. The molecule has 2 aromatic rings. The summed E-state index contributed by atoms with van der Waals surface area (Å²) in [7, 11) is 0. The third kappa shape index (κ3) is 4.07. The van der Waals surface area contributed by atoms with Crippen molar-refractivity contribution in [3.05, 3.63) is 59.7 Å². The summed E-state index contributed by atoms with van der Waals surface area (Å²) in [6.45, 7) is 7.24. The van der Waals surface area contributed by atoms with Gasteiger partial charge >= 0.3 is 6.09 Å². The summed E-state index contributed by atoms with van der Waals surface area (Å²) < 4.78 is 5.08. The highest BCUT2D eigenvalue weighted by atomic mass is 16.6. The molecule has 0 spiro atoms. The van der Waals surface area contributed by atoms with E-state index in [1.807, 2.05) is 55.5 Å². The molecule has 2 aromatic carbocycles. The molecule has 30 heavy (non-hydrogen) atoms. The lowest BCUT2D eigenvalue weighted by molar-refractivity contribution is -0.112. The lowest BCUT2D eigenvalue weighted by atomic mass is 10.1. The molecule has 0 atom stereocenters. The number of fused-ring (bicyclic) bond motifs is 1. The van der Waals surface area contributed by atoms with Crippen LogP contribution in [-0.2, 0) is 9.53 Å². The fraction of sp³-hybridized carbons (Fsp3) is 0.348. The highest BCUT2D eigenvalue weighted by Gasteiger charge is 2.35. The van der Waals surface area contributed by atoms with Crippen LogP contribution >= 0.6 is 0 Å². The van der Waals surface area contributed by atoms with Crippen LogP contribution in [-0.4, -0.2) is 67.0 Å². The first-order valence-corrected chi connectivity index (χ1v) is 10.3. The second-order valence-corrected chi connectivity index (χ2v) is 7.49. The number of nitrogens with zero attached hydrogens (tertiary/aromatic N) is 4. The summed E-state index contributed by atoms with van der Waals surface area (Å²) in [5, 5.41) is 0. The Morgan fingerprint density at radius 3 is 2.43 bits per heavy atom. The van der Waals surface area contributed by atoms with Gasteiger partial charge in [0.05, 0.1) is 24.7 Å². The number of ether oxygens (including phenoxy) is 1. The first kappa shape index (κ1) is 20.1. The molecule has 2 aliphatic rings. The molecule has 7 nitrogen and oxygen atoms in total.